The molecular formula is C11H11BF4KN3O. The minimum atomic E-state index is -5.27. The van der Waals surface area contributed by atoms with Crippen molar-refractivity contribution < 1.29 is 73.5 Å². The number of benzene rings is 1. The van der Waals surface area contributed by atoms with Crippen molar-refractivity contribution in [3.8, 4) is 5.75 Å². The van der Waals surface area contributed by atoms with Crippen LogP contribution in [-0.4, -0.2) is 21.7 Å². The van der Waals surface area contributed by atoms with Crippen LogP contribution in [0.3, 0.4) is 0 Å². The molecule has 0 fully saturated rings. The second-order valence-corrected chi connectivity index (χ2v) is 4.04. The Morgan fingerprint density at radius 2 is 2.00 bits per heavy atom. The van der Waals surface area contributed by atoms with Gasteiger partial charge in [-0.15, -0.1) is 0 Å². The van der Waals surface area contributed by atoms with Crippen molar-refractivity contribution in [2.24, 2.45) is 0 Å². The van der Waals surface area contributed by atoms with Gasteiger partial charge >= 0.3 is 58.4 Å². The first-order chi connectivity index (χ1) is 9.41. The van der Waals surface area contributed by atoms with Crippen LogP contribution in [0.5, 0.6) is 5.75 Å². The Morgan fingerprint density at radius 1 is 1.29 bits per heavy atom. The molecule has 0 saturated carbocycles. The maximum absolute atomic E-state index is 13.1. The quantitative estimate of drug-likeness (QED) is 0.527. The monoisotopic (exact) mass is 327 g/mol. The number of hydrogen-bond donors (Lipinski definition) is 0. The molecule has 0 spiro atoms. The van der Waals surface area contributed by atoms with E-state index in [1.54, 1.807) is 0 Å². The Balaban J connectivity index is 0.00000220. The molecule has 0 aliphatic heterocycles. The van der Waals surface area contributed by atoms with Gasteiger partial charge in [0.25, 0.3) is 0 Å². The molecule has 4 nitrogen and oxygen atoms in total. The molecular weight excluding hydrogens is 316 g/mol. The van der Waals surface area contributed by atoms with E-state index >= 15 is 0 Å². The molecule has 0 unspecified atom stereocenters. The summed E-state index contributed by atoms with van der Waals surface area (Å²) in [4.78, 5) is 3.87. The second kappa shape index (κ2) is 7.73. The molecule has 1 aromatic heterocycles. The Hall–Kier alpha value is -0.419. The maximum atomic E-state index is 13.1. The molecule has 0 amide bonds. The molecule has 2 aromatic rings. The average molecular weight is 327 g/mol. The molecule has 2 rings (SSSR count). The molecule has 10 heteroatoms. The van der Waals surface area contributed by atoms with Gasteiger partial charge in [-0.25, -0.2) is 14.1 Å². The van der Waals surface area contributed by atoms with E-state index in [0.717, 1.165) is 12.1 Å². The van der Waals surface area contributed by atoms with Crippen molar-refractivity contribution >= 4 is 12.4 Å². The second-order valence-electron chi connectivity index (χ2n) is 4.04. The molecule has 21 heavy (non-hydrogen) atoms. The number of nitrogens with zero attached hydrogens (tertiary/aromatic N) is 3. The molecule has 108 valence electrons. The molecule has 0 radical (unpaired) electrons. The number of ether oxygens (including phenoxy) is 1. The van der Waals surface area contributed by atoms with Gasteiger partial charge in [-0.1, -0.05) is 11.5 Å². The molecule has 0 N–H and O–H groups in total. The number of aromatic nitrogens is 3. The Labute approximate surface area is 161 Å². The van der Waals surface area contributed by atoms with E-state index in [2.05, 4.69) is 10.1 Å². The van der Waals surface area contributed by atoms with Crippen LogP contribution in [0.2, 0.25) is 0 Å². The standard InChI is InChI=1S/C11H11BF4N3O.K/c1-2-19-11(17-7-18-19)6-20-10-5-8(13)3-4-9(10)12(14,15)16;/h3-5,7H,2,6H2,1H3;/q-1;+1. The molecule has 1 heterocycles. The minimum Gasteiger partial charge on any atom is -0.489 e. The van der Waals surface area contributed by atoms with Crippen molar-refractivity contribution in [2.45, 2.75) is 20.1 Å². The van der Waals surface area contributed by atoms with Crippen molar-refractivity contribution in [3.63, 3.8) is 0 Å². The average Bonchev–Trinajstić information content (AvgIpc) is 2.82. The van der Waals surface area contributed by atoms with Crippen molar-refractivity contribution in [1.29, 1.82) is 0 Å². The maximum Gasteiger partial charge on any atom is 1.00 e. The zero-order chi connectivity index (χ0) is 14.8. The molecule has 0 bridgehead atoms. The van der Waals surface area contributed by atoms with Crippen LogP contribution in [0.25, 0.3) is 0 Å². The first-order valence-electron chi connectivity index (χ1n) is 5.90. The largest absolute Gasteiger partial charge is 1.00 e. The van der Waals surface area contributed by atoms with Crippen LogP contribution in [0.4, 0.5) is 17.3 Å². The summed E-state index contributed by atoms with van der Waals surface area (Å²) in [7, 11) is 0. The van der Waals surface area contributed by atoms with Crippen LogP contribution in [0, 0.1) is 5.82 Å². The summed E-state index contributed by atoms with van der Waals surface area (Å²) in [5, 5.41) is 3.87. The van der Waals surface area contributed by atoms with E-state index in [4.69, 9.17) is 4.74 Å². The first-order valence-corrected chi connectivity index (χ1v) is 5.90. The number of halogens is 4. The summed E-state index contributed by atoms with van der Waals surface area (Å²) in [5.41, 5.74) is -0.964. The third kappa shape index (κ3) is 4.78. The van der Waals surface area contributed by atoms with Crippen LogP contribution < -0.4 is 61.6 Å². The summed E-state index contributed by atoms with van der Waals surface area (Å²) >= 11 is 0. The summed E-state index contributed by atoms with van der Waals surface area (Å²) in [6.45, 7) is -3.16. The van der Waals surface area contributed by atoms with Crippen LogP contribution in [0.15, 0.2) is 24.5 Å². The van der Waals surface area contributed by atoms with Crippen LogP contribution in [-0.2, 0) is 13.2 Å². The normalized spacial score (nSPS) is 11.1. The van der Waals surface area contributed by atoms with Gasteiger partial charge < -0.3 is 17.7 Å². The van der Waals surface area contributed by atoms with E-state index in [1.807, 2.05) is 6.92 Å². The zero-order valence-corrected chi connectivity index (χ0v) is 14.7. The molecule has 0 atom stereocenters. The smallest absolute Gasteiger partial charge is 0.489 e. The topological polar surface area (TPSA) is 39.9 Å². The Bertz CT molecular complexity index is 605. The minimum absolute atomic E-state index is 0. The Morgan fingerprint density at radius 3 is 2.62 bits per heavy atom. The SMILES string of the molecule is CCn1ncnc1COc1cc(F)ccc1[B-](F)(F)F.[K+]. The molecule has 0 aliphatic carbocycles. The summed E-state index contributed by atoms with van der Waals surface area (Å²) in [5.74, 6) is -0.957. The van der Waals surface area contributed by atoms with Gasteiger partial charge in [-0.2, -0.15) is 5.10 Å². The molecule has 0 aliphatic rings. The predicted molar refractivity (Wildman–Crippen MR) is 65.1 cm³/mol. The fourth-order valence-corrected chi connectivity index (χ4v) is 1.71. The summed E-state index contributed by atoms with van der Waals surface area (Å²) in [6, 6.07) is 2.15. The number of hydrogen-bond acceptors (Lipinski definition) is 3. The van der Waals surface area contributed by atoms with Gasteiger partial charge in [0.1, 0.15) is 18.8 Å². The van der Waals surface area contributed by atoms with Crippen LogP contribution in [0.1, 0.15) is 12.7 Å². The van der Waals surface area contributed by atoms with E-state index in [9.17, 15) is 17.3 Å². The Kier molecular flexibility index (Phi) is 6.85. The molecule has 1 aromatic carbocycles. The zero-order valence-electron chi connectivity index (χ0n) is 11.6. The predicted octanol–water partition coefficient (Wildman–Crippen LogP) is -0.925. The van der Waals surface area contributed by atoms with E-state index in [0.29, 0.717) is 18.4 Å². The van der Waals surface area contributed by atoms with Crippen molar-refractivity contribution in [3.05, 3.63) is 36.2 Å². The fourth-order valence-electron chi connectivity index (χ4n) is 1.71. The fraction of sp³-hybridized carbons (Fsp3) is 0.273. The van der Waals surface area contributed by atoms with Gasteiger partial charge in [0.05, 0.1) is 5.75 Å². The third-order valence-corrected chi connectivity index (χ3v) is 2.68. The third-order valence-electron chi connectivity index (χ3n) is 2.68. The molecule has 0 saturated heterocycles. The summed E-state index contributed by atoms with van der Waals surface area (Å²) in [6.07, 6.45) is 1.28. The number of aryl methyl sites for hydroxylation is 1. The van der Waals surface area contributed by atoms with Gasteiger partial charge in [0.15, 0.2) is 5.82 Å². The van der Waals surface area contributed by atoms with Crippen molar-refractivity contribution in [2.75, 3.05) is 0 Å². The summed E-state index contributed by atoms with van der Waals surface area (Å²) < 4.78 is 58.1. The van der Waals surface area contributed by atoms with Gasteiger partial charge in [-0.05, 0) is 13.0 Å². The number of rotatable bonds is 5. The van der Waals surface area contributed by atoms with Crippen LogP contribution >= 0.6 is 0 Å². The van der Waals surface area contributed by atoms with E-state index in [-0.39, 0.29) is 58.0 Å². The van der Waals surface area contributed by atoms with Gasteiger partial charge in [-0.3, -0.25) is 0 Å². The van der Waals surface area contributed by atoms with E-state index in [1.165, 1.54) is 11.0 Å². The van der Waals surface area contributed by atoms with Crippen molar-refractivity contribution in [1.82, 2.24) is 14.8 Å². The van der Waals surface area contributed by atoms with Gasteiger partial charge in [0.2, 0.25) is 0 Å². The first kappa shape index (κ1) is 18.6. The van der Waals surface area contributed by atoms with E-state index < -0.39 is 24.0 Å². The van der Waals surface area contributed by atoms with Gasteiger partial charge in [0, 0.05) is 12.6 Å².